The van der Waals surface area contributed by atoms with Gasteiger partial charge in [-0.2, -0.15) is 0 Å². The number of hydrogen-bond acceptors (Lipinski definition) is 6. The SMILES string of the molecule is NOCC(=O)NCCNC(=O)CON. The van der Waals surface area contributed by atoms with Gasteiger partial charge in [0.25, 0.3) is 0 Å². The Morgan fingerprint density at radius 1 is 0.929 bits per heavy atom. The first kappa shape index (κ1) is 12.8. The molecule has 0 fully saturated rings. The molecule has 0 saturated carbocycles. The Hall–Kier alpha value is -1.22. The summed E-state index contributed by atoms with van der Waals surface area (Å²) in [5.41, 5.74) is 0. The zero-order valence-corrected chi connectivity index (χ0v) is 7.62. The summed E-state index contributed by atoms with van der Waals surface area (Å²) in [7, 11) is 0. The van der Waals surface area contributed by atoms with Crippen LogP contribution in [0.5, 0.6) is 0 Å². The third kappa shape index (κ3) is 7.43. The van der Waals surface area contributed by atoms with Crippen molar-refractivity contribution in [2.24, 2.45) is 11.8 Å². The lowest BCUT2D eigenvalue weighted by molar-refractivity contribution is -0.127. The Labute approximate surface area is 80.8 Å². The van der Waals surface area contributed by atoms with Crippen molar-refractivity contribution in [1.29, 1.82) is 0 Å². The zero-order chi connectivity index (χ0) is 10.8. The van der Waals surface area contributed by atoms with E-state index in [0.29, 0.717) is 13.1 Å². The van der Waals surface area contributed by atoms with Gasteiger partial charge in [0.1, 0.15) is 13.2 Å². The van der Waals surface area contributed by atoms with E-state index in [4.69, 9.17) is 0 Å². The van der Waals surface area contributed by atoms with Crippen molar-refractivity contribution in [2.75, 3.05) is 26.3 Å². The number of amides is 2. The van der Waals surface area contributed by atoms with Crippen LogP contribution in [-0.2, 0) is 19.3 Å². The minimum Gasteiger partial charge on any atom is -0.352 e. The summed E-state index contributed by atoms with van der Waals surface area (Å²) >= 11 is 0. The van der Waals surface area contributed by atoms with E-state index in [1.165, 1.54) is 0 Å². The number of carbonyl (C=O) groups is 2. The van der Waals surface area contributed by atoms with Gasteiger partial charge in [0.2, 0.25) is 11.8 Å². The van der Waals surface area contributed by atoms with Gasteiger partial charge in [0.05, 0.1) is 0 Å². The molecule has 8 heteroatoms. The monoisotopic (exact) mass is 206 g/mol. The van der Waals surface area contributed by atoms with Gasteiger partial charge in [-0.1, -0.05) is 0 Å². The van der Waals surface area contributed by atoms with Crippen LogP contribution in [0.3, 0.4) is 0 Å². The first-order valence-corrected chi connectivity index (χ1v) is 3.87. The van der Waals surface area contributed by atoms with Crippen molar-refractivity contribution < 1.29 is 19.3 Å². The molecular formula is C6H14N4O4. The van der Waals surface area contributed by atoms with Gasteiger partial charge in [0, 0.05) is 13.1 Å². The molecule has 0 aliphatic carbocycles. The summed E-state index contributed by atoms with van der Waals surface area (Å²) in [6, 6.07) is 0. The van der Waals surface area contributed by atoms with Crippen molar-refractivity contribution in [3.63, 3.8) is 0 Å². The van der Waals surface area contributed by atoms with Crippen LogP contribution in [0.15, 0.2) is 0 Å². The van der Waals surface area contributed by atoms with Crippen LogP contribution in [0.4, 0.5) is 0 Å². The van der Waals surface area contributed by atoms with E-state index in [1.807, 2.05) is 0 Å². The van der Waals surface area contributed by atoms with Gasteiger partial charge in [-0.25, -0.2) is 11.8 Å². The average Bonchev–Trinajstić information content (AvgIpc) is 2.13. The fourth-order valence-electron chi connectivity index (χ4n) is 0.657. The average molecular weight is 206 g/mol. The molecule has 0 aromatic heterocycles. The number of hydrogen-bond donors (Lipinski definition) is 4. The first-order valence-electron chi connectivity index (χ1n) is 3.87. The van der Waals surface area contributed by atoms with E-state index in [2.05, 4.69) is 32.1 Å². The molecule has 0 aliphatic heterocycles. The molecule has 0 heterocycles. The zero-order valence-electron chi connectivity index (χ0n) is 7.62. The molecule has 6 N–H and O–H groups in total. The molecule has 0 atom stereocenters. The Morgan fingerprint density at radius 3 is 1.57 bits per heavy atom. The van der Waals surface area contributed by atoms with E-state index < -0.39 is 0 Å². The Bertz CT molecular complexity index is 167. The summed E-state index contributed by atoms with van der Waals surface area (Å²) in [5.74, 6) is 8.62. The van der Waals surface area contributed by atoms with E-state index >= 15 is 0 Å². The van der Waals surface area contributed by atoms with Crippen molar-refractivity contribution in [3.8, 4) is 0 Å². The molecule has 82 valence electrons. The van der Waals surface area contributed by atoms with Gasteiger partial charge in [-0.3, -0.25) is 19.3 Å². The summed E-state index contributed by atoms with van der Waals surface area (Å²) in [5, 5.41) is 4.90. The minimum atomic E-state index is -0.350. The molecule has 0 saturated heterocycles. The molecule has 0 bridgehead atoms. The van der Waals surface area contributed by atoms with Crippen LogP contribution >= 0.6 is 0 Å². The smallest absolute Gasteiger partial charge is 0.248 e. The minimum absolute atomic E-state index is 0.208. The normalized spacial score (nSPS) is 9.57. The third-order valence-electron chi connectivity index (χ3n) is 1.20. The molecule has 14 heavy (non-hydrogen) atoms. The van der Waals surface area contributed by atoms with Crippen LogP contribution < -0.4 is 22.4 Å². The van der Waals surface area contributed by atoms with Crippen LogP contribution in [0.25, 0.3) is 0 Å². The lowest BCUT2D eigenvalue weighted by atomic mass is 10.5. The van der Waals surface area contributed by atoms with Crippen LogP contribution in [-0.4, -0.2) is 38.1 Å². The fourth-order valence-corrected chi connectivity index (χ4v) is 0.657. The second-order valence-electron chi connectivity index (χ2n) is 2.32. The molecular weight excluding hydrogens is 192 g/mol. The van der Waals surface area contributed by atoms with Gasteiger partial charge >= 0.3 is 0 Å². The molecule has 0 radical (unpaired) electrons. The van der Waals surface area contributed by atoms with Crippen molar-refractivity contribution in [2.45, 2.75) is 0 Å². The Morgan fingerprint density at radius 2 is 1.29 bits per heavy atom. The lowest BCUT2D eigenvalue weighted by Crippen LogP contribution is -2.38. The number of carbonyl (C=O) groups excluding carboxylic acids is 2. The van der Waals surface area contributed by atoms with Gasteiger partial charge in [-0.15, -0.1) is 0 Å². The molecule has 0 unspecified atom stereocenters. The quantitative estimate of drug-likeness (QED) is 0.259. The molecule has 0 aromatic carbocycles. The topological polar surface area (TPSA) is 129 Å². The van der Waals surface area contributed by atoms with Crippen LogP contribution in [0.1, 0.15) is 0 Å². The number of nitrogens with one attached hydrogen (secondary N) is 2. The lowest BCUT2D eigenvalue weighted by Gasteiger charge is -2.05. The van der Waals surface area contributed by atoms with E-state index in [1.54, 1.807) is 0 Å². The van der Waals surface area contributed by atoms with E-state index in [9.17, 15) is 9.59 Å². The Balaban J connectivity index is 3.28. The van der Waals surface area contributed by atoms with Crippen molar-refractivity contribution in [3.05, 3.63) is 0 Å². The van der Waals surface area contributed by atoms with Crippen molar-refractivity contribution >= 4 is 11.8 Å². The summed E-state index contributed by atoms with van der Waals surface area (Å²) in [4.78, 5) is 29.6. The summed E-state index contributed by atoms with van der Waals surface area (Å²) < 4.78 is 0. The predicted octanol–water partition coefficient (Wildman–Crippen LogP) is -3.00. The second kappa shape index (κ2) is 8.38. The highest BCUT2D eigenvalue weighted by Gasteiger charge is 2.01. The maximum absolute atomic E-state index is 10.7. The molecule has 0 rings (SSSR count). The fraction of sp³-hybridized carbons (Fsp3) is 0.667. The highest BCUT2D eigenvalue weighted by Crippen LogP contribution is 1.68. The standard InChI is InChI=1S/C6H14N4O4/c7-13-3-5(11)9-1-2-10-6(12)4-14-8/h1-4,7-8H2,(H,9,11)(H,10,12). The van der Waals surface area contributed by atoms with Gasteiger partial charge in [0.15, 0.2) is 0 Å². The molecule has 8 nitrogen and oxygen atoms in total. The van der Waals surface area contributed by atoms with Gasteiger partial charge < -0.3 is 10.6 Å². The molecule has 2 amide bonds. The summed E-state index contributed by atoms with van der Waals surface area (Å²) in [6.07, 6.45) is 0. The third-order valence-corrected chi connectivity index (χ3v) is 1.20. The number of rotatable bonds is 7. The number of nitrogens with two attached hydrogens (primary N) is 2. The maximum Gasteiger partial charge on any atom is 0.248 e. The maximum atomic E-state index is 10.7. The van der Waals surface area contributed by atoms with Crippen LogP contribution in [0, 0.1) is 0 Å². The largest absolute Gasteiger partial charge is 0.352 e. The second-order valence-corrected chi connectivity index (χ2v) is 2.32. The molecule has 0 aliphatic rings. The Kier molecular flexibility index (Phi) is 7.65. The van der Waals surface area contributed by atoms with E-state index in [0.717, 1.165) is 0 Å². The highest BCUT2D eigenvalue weighted by atomic mass is 16.6. The van der Waals surface area contributed by atoms with Crippen LogP contribution in [0.2, 0.25) is 0 Å². The molecule has 0 spiro atoms. The van der Waals surface area contributed by atoms with Crippen molar-refractivity contribution in [1.82, 2.24) is 10.6 Å². The highest BCUT2D eigenvalue weighted by molar-refractivity contribution is 5.78. The summed E-state index contributed by atoms with van der Waals surface area (Å²) in [6.45, 7) is 0.163. The molecule has 0 aromatic rings. The predicted molar refractivity (Wildman–Crippen MR) is 46.3 cm³/mol. The first-order chi connectivity index (χ1) is 6.70. The van der Waals surface area contributed by atoms with Gasteiger partial charge in [-0.05, 0) is 0 Å². The van der Waals surface area contributed by atoms with E-state index in [-0.39, 0.29) is 25.0 Å².